The number of hydrogen-bond donors (Lipinski definition) is 1. The third kappa shape index (κ3) is 2.43. The Bertz CT molecular complexity index is 613. The van der Waals surface area contributed by atoms with Crippen LogP contribution < -0.4 is 10.5 Å². The van der Waals surface area contributed by atoms with Crippen molar-refractivity contribution >= 4 is 28.2 Å². The number of fused-ring (bicyclic) bond motifs is 1. The molecule has 0 radical (unpaired) electrons. The minimum absolute atomic E-state index is 0.187. The van der Waals surface area contributed by atoms with E-state index in [1.165, 1.54) is 12.1 Å². The van der Waals surface area contributed by atoms with Gasteiger partial charge in [0.25, 0.3) is 0 Å². The van der Waals surface area contributed by atoms with Crippen molar-refractivity contribution < 1.29 is 17.9 Å². The molecule has 0 amide bonds. The van der Waals surface area contributed by atoms with Crippen LogP contribution in [-0.2, 0) is 0 Å². The summed E-state index contributed by atoms with van der Waals surface area (Å²) in [6, 6.07) is 3.74. The second kappa shape index (κ2) is 4.20. The first-order valence-corrected chi connectivity index (χ1v) is 5.27. The summed E-state index contributed by atoms with van der Waals surface area (Å²) in [5.41, 5.74) is 6.91. The predicted octanol–water partition coefficient (Wildman–Crippen LogP) is 3.68. The third-order valence-electron chi connectivity index (χ3n) is 2.33. The number of aryl methyl sites for hydroxylation is 1. The summed E-state index contributed by atoms with van der Waals surface area (Å²) in [4.78, 5) is 4.12. The van der Waals surface area contributed by atoms with Crippen molar-refractivity contribution in [3.8, 4) is 5.75 Å². The molecule has 2 rings (SSSR count). The maximum atomic E-state index is 12.1. The highest BCUT2D eigenvalue weighted by Gasteiger charge is 2.31. The molecule has 0 aliphatic carbocycles. The Morgan fingerprint density at radius 2 is 2.00 bits per heavy atom. The number of benzene rings is 1. The first kappa shape index (κ1) is 12.8. The summed E-state index contributed by atoms with van der Waals surface area (Å²) in [5, 5.41) is 0.555. The maximum absolute atomic E-state index is 12.1. The highest BCUT2D eigenvalue weighted by Crippen LogP contribution is 2.33. The van der Waals surface area contributed by atoms with E-state index in [2.05, 4.69) is 9.72 Å². The fraction of sp³-hybridized carbons (Fsp3) is 0.182. The van der Waals surface area contributed by atoms with Crippen LogP contribution in [-0.4, -0.2) is 11.3 Å². The standard InChI is InChI=1S/C11H8ClF3N2O/c1-5-9(12)10(16)7-4-6(18-11(13,14)15)2-3-8(7)17-5/h2-4H,1H3,(H2,16,17). The molecule has 0 bridgehead atoms. The number of ether oxygens (including phenoxy) is 1. The summed E-state index contributed by atoms with van der Waals surface area (Å²) in [5.74, 6) is -0.358. The quantitative estimate of drug-likeness (QED) is 0.864. The molecule has 2 N–H and O–H groups in total. The third-order valence-corrected chi connectivity index (χ3v) is 2.81. The van der Waals surface area contributed by atoms with Crippen LogP contribution in [0.2, 0.25) is 5.02 Å². The summed E-state index contributed by atoms with van der Waals surface area (Å²) in [6.07, 6.45) is -4.75. The Labute approximate surface area is 105 Å². The minimum atomic E-state index is -4.75. The maximum Gasteiger partial charge on any atom is 0.573 e. The van der Waals surface area contributed by atoms with Crippen LogP contribution in [0.1, 0.15) is 5.69 Å². The topological polar surface area (TPSA) is 48.1 Å². The zero-order chi connectivity index (χ0) is 13.5. The van der Waals surface area contributed by atoms with Crippen LogP contribution in [0.5, 0.6) is 5.75 Å². The van der Waals surface area contributed by atoms with Crippen molar-refractivity contribution in [1.82, 2.24) is 4.98 Å². The number of nitrogens with zero attached hydrogens (tertiary/aromatic N) is 1. The molecule has 0 atom stereocenters. The van der Waals surface area contributed by atoms with Crippen molar-refractivity contribution in [3.05, 3.63) is 28.9 Å². The van der Waals surface area contributed by atoms with Gasteiger partial charge in [-0.15, -0.1) is 13.2 Å². The molecular formula is C11H8ClF3N2O. The molecule has 0 fully saturated rings. The normalized spacial score (nSPS) is 11.8. The number of hydrogen-bond acceptors (Lipinski definition) is 3. The molecule has 0 saturated carbocycles. The Balaban J connectivity index is 2.58. The Kier molecular flexibility index (Phi) is 2.98. The molecular weight excluding hydrogens is 269 g/mol. The van der Waals surface area contributed by atoms with Gasteiger partial charge in [-0.25, -0.2) is 0 Å². The average Bonchev–Trinajstić information content (AvgIpc) is 2.25. The van der Waals surface area contributed by atoms with Crippen molar-refractivity contribution in [2.24, 2.45) is 0 Å². The average molecular weight is 277 g/mol. The first-order valence-electron chi connectivity index (χ1n) is 4.89. The van der Waals surface area contributed by atoms with Gasteiger partial charge in [-0.05, 0) is 25.1 Å². The molecule has 0 aliphatic heterocycles. The molecule has 0 spiro atoms. The summed E-state index contributed by atoms with van der Waals surface area (Å²) < 4.78 is 40.1. The zero-order valence-corrected chi connectivity index (χ0v) is 9.93. The van der Waals surface area contributed by atoms with Crippen molar-refractivity contribution in [2.75, 3.05) is 5.73 Å². The molecule has 1 aromatic heterocycles. The molecule has 0 saturated heterocycles. The molecule has 1 aromatic carbocycles. The summed E-state index contributed by atoms with van der Waals surface area (Å²) in [6.45, 7) is 1.66. The van der Waals surface area contributed by atoms with Crippen LogP contribution in [0.3, 0.4) is 0 Å². The van der Waals surface area contributed by atoms with E-state index >= 15 is 0 Å². The Morgan fingerprint density at radius 3 is 2.61 bits per heavy atom. The van der Waals surface area contributed by atoms with E-state index in [9.17, 15) is 13.2 Å². The minimum Gasteiger partial charge on any atom is -0.406 e. The van der Waals surface area contributed by atoms with Crippen LogP contribution in [0.25, 0.3) is 10.9 Å². The lowest BCUT2D eigenvalue weighted by Crippen LogP contribution is -2.17. The van der Waals surface area contributed by atoms with E-state index in [1.54, 1.807) is 6.92 Å². The van der Waals surface area contributed by atoms with Gasteiger partial charge in [0.1, 0.15) is 5.75 Å². The van der Waals surface area contributed by atoms with Crippen LogP contribution in [0.15, 0.2) is 18.2 Å². The molecule has 2 aromatic rings. The molecule has 96 valence electrons. The second-order valence-corrected chi connectivity index (χ2v) is 4.03. The number of halogens is 4. The smallest absolute Gasteiger partial charge is 0.406 e. The van der Waals surface area contributed by atoms with Gasteiger partial charge < -0.3 is 10.5 Å². The number of nitrogen functional groups attached to an aromatic ring is 1. The fourth-order valence-electron chi connectivity index (χ4n) is 1.57. The molecule has 7 heteroatoms. The molecule has 3 nitrogen and oxygen atoms in total. The van der Waals surface area contributed by atoms with Gasteiger partial charge in [-0.3, -0.25) is 4.98 Å². The highest BCUT2D eigenvalue weighted by molar-refractivity contribution is 6.35. The van der Waals surface area contributed by atoms with E-state index < -0.39 is 6.36 Å². The van der Waals surface area contributed by atoms with Gasteiger partial charge in [0.15, 0.2) is 0 Å². The number of pyridine rings is 1. The second-order valence-electron chi connectivity index (χ2n) is 3.65. The van der Waals surface area contributed by atoms with Crippen LogP contribution in [0.4, 0.5) is 18.9 Å². The van der Waals surface area contributed by atoms with E-state index in [-0.39, 0.29) is 16.5 Å². The lowest BCUT2D eigenvalue weighted by atomic mass is 10.1. The van der Waals surface area contributed by atoms with Gasteiger partial charge in [0.2, 0.25) is 0 Å². The fourth-order valence-corrected chi connectivity index (χ4v) is 1.71. The van der Waals surface area contributed by atoms with Gasteiger partial charge in [-0.2, -0.15) is 0 Å². The van der Waals surface area contributed by atoms with Gasteiger partial charge >= 0.3 is 6.36 Å². The van der Waals surface area contributed by atoms with Crippen molar-refractivity contribution in [3.63, 3.8) is 0 Å². The SMILES string of the molecule is Cc1nc2ccc(OC(F)(F)F)cc2c(N)c1Cl. The van der Waals surface area contributed by atoms with Gasteiger partial charge in [-0.1, -0.05) is 11.6 Å². The van der Waals surface area contributed by atoms with Crippen molar-refractivity contribution in [2.45, 2.75) is 13.3 Å². The van der Waals surface area contributed by atoms with E-state index in [0.29, 0.717) is 16.6 Å². The largest absolute Gasteiger partial charge is 0.573 e. The lowest BCUT2D eigenvalue weighted by Gasteiger charge is -2.11. The summed E-state index contributed by atoms with van der Waals surface area (Å²) >= 11 is 5.89. The zero-order valence-electron chi connectivity index (χ0n) is 9.18. The lowest BCUT2D eigenvalue weighted by molar-refractivity contribution is -0.274. The monoisotopic (exact) mass is 276 g/mol. The van der Waals surface area contributed by atoms with Crippen LogP contribution in [0, 0.1) is 6.92 Å². The van der Waals surface area contributed by atoms with Gasteiger partial charge in [0.05, 0.1) is 21.9 Å². The van der Waals surface area contributed by atoms with Gasteiger partial charge in [0, 0.05) is 5.39 Å². The molecule has 0 aliphatic rings. The van der Waals surface area contributed by atoms with Crippen molar-refractivity contribution in [1.29, 1.82) is 0 Å². The van der Waals surface area contributed by atoms with E-state index in [4.69, 9.17) is 17.3 Å². The number of alkyl halides is 3. The Morgan fingerprint density at radius 1 is 1.33 bits per heavy atom. The molecule has 0 unspecified atom stereocenters. The summed E-state index contributed by atoms with van der Waals surface area (Å²) in [7, 11) is 0. The number of nitrogens with two attached hydrogens (primary N) is 1. The molecule has 18 heavy (non-hydrogen) atoms. The van der Waals surface area contributed by atoms with Crippen LogP contribution >= 0.6 is 11.6 Å². The van der Waals surface area contributed by atoms with E-state index in [0.717, 1.165) is 6.07 Å². The predicted molar refractivity (Wildman–Crippen MR) is 62.6 cm³/mol. The number of anilines is 1. The first-order chi connectivity index (χ1) is 8.28. The molecule has 1 heterocycles. The Hall–Kier alpha value is -1.69. The van der Waals surface area contributed by atoms with E-state index in [1.807, 2.05) is 0 Å². The number of aromatic nitrogens is 1. The highest BCUT2D eigenvalue weighted by atomic mass is 35.5. The number of rotatable bonds is 1.